The van der Waals surface area contributed by atoms with Gasteiger partial charge in [0.15, 0.2) is 4.67 Å². The van der Waals surface area contributed by atoms with Crippen LogP contribution in [0.2, 0.25) is 0 Å². The lowest BCUT2D eigenvalue weighted by atomic mass is 10.1. The molecule has 0 saturated carbocycles. The van der Waals surface area contributed by atoms with E-state index in [2.05, 4.69) is 26.1 Å². The Bertz CT molecular complexity index is 397. The molecule has 0 radical (unpaired) electrons. The maximum atomic E-state index is 9.51. The SMILES string of the molecule is Cc1ccc(SP(O)(=S)S)c(C)c1C. The van der Waals surface area contributed by atoms with Gasteiger partial charge in [0.1, 0.15) is 0 Å². The van der Waals surface area contributed by atoms with Crippen molar-refractivity contribution in [2.24, 2.45) is 0 Å². The minimum Gasteiger partial charge on any atom is -0.350 e. The van der Waals surface area contributed by atoms with Crippen LogP contribution in [0.15, 0.2) is 17.0 Å². The van der Waals surface area contributed by atoms with Crippen LogP contribution in [0.3, 0.4) is 0 Å². The average Bonchev–Trinajstić information content (AvgIpc) is 2.04. The Morgan fingerprint density at radius 3 is 2.36 bits per heavy atom. The lowest BCUT2D eigenvalue weighted by Crippen LogP contribution is -1.88. The molecule has 1 unspecified atom stereocenters. The summed E-state index contributed by atoms with van der Waals surface area (Å²) in [5.74, 6) is 0. The Labute approximate surface area is 99.3 Å². The Balaban J connectivity index is 3.12. The number of thiol groups is 1. The molecular formula is C9H13OPS3. The van der Waals surface area contributed by atoms with Gasteiger partial charge >= 0.3 is 0 Å². The van der Waals surface area contributed by atoms with E-state index in [1.54, 1.807) is 0 Å². The molecular weight excluding hydrogens is 251 g/mol. The summed E-state index contributed by atoms with van der Waals surface area (Å²) in [6, 6.07) is 4.04. The fraction of sp³-hybridized carbons (Fsp3) is 0.333. The first-order valence-corrected chi connectivity index (χ1v) is 9.46. The molecule has 0 bridgehead atoms. The fourth-order valence-electron chi connectivity index (χ4n) is 1.16. The van der Waals surface area contributed by atoms with E-state index in [9.17, 15) is 4.89 Å². The van der Waals surface area contributed by atoms with Gasteiger partial charge in [-0.2, -0.15) is 0 Å². The Morgan fingerprint density at radius 2 is 1.86 bits per heavy atom. The van der Waals surface area contributed by atoms with E-state index in [-0.39, 0.29) is 0 Å². The van der Waals surface area contributed by atoms with Crippen LogP contribution in [0.5, 0.6) is 0 Å². The summed E-state index contributed by atoms with van der Waals surface area (Å²) in [6.45, 7) is 6.20. The summed E-state index contributed by atoms with van der Waals surface area (Å²) in [5, 5.41) is 0. The highest BCUT2D eigenvalue weighted by Crippen LogP contribution is 2.63. The van der Waals surface area contributed by atoms with Crippen LogP contribution in [0, 0.1) is 20.8 Å². The standard InChI is InChI=1S/C9H13OPS3/c1-6-4-5-9(8(3)7(6)2)14-11(10,12)13/h4-5H,1-3H3,(H2,10,12,13). The number of rotatable bonds is 2. The Kier molecular flexibility index (Phi) is 4.12. The molecule has 0 aliphatic rings. The van der Waals surface area contributed by atoms with Crippen molar-refractivity contribution in [1.82, 2.24) is 0 Å². The molecule has 1 rings (SSSR count). The van der Waals surface area contributed by atoms with Crippen LogP contribution >= 0.6 is 28.3 Å². The normalized spacial score (nSPS) is 15.2. The highest BCUT2D eigenvalue weighted by Gasteiger charge is 2.12. The van der Waals surface area contributed by atoms with Gasteiger partial charge in [-0.1, -0.05) is 17.4 Å². The second-order valence-electron chi connectivity index (χ2n) is 3.21. The molecule has 0 aliphatic heterocycles. The van der Waals surface area contributed by atoms with Crippen molar-refractivity contribution >= 4 is 40.1 Å². The van der Waals surface area contributed by atoms with Crippen LogP contribution in [0.25, 0.3) is 0 Å². The van der Waals surface area contributed by atoms with Crippen molar-refractivity contribution in [3.8, 4) is 0 Å². The van der Waals surface area contributed by atoms with Crippen LogP contribution in [0.1, 0.15) is 16.7 Å². The fourth-order valence-corrected chi connectivity index (χ4v) is 4.71. The molecule has 1 atom stereocenters. The first-order valence-electron chi connectivity index (χ1n) is 4.13. The summed E-state index contributed by atoms with van der Waals surface area (Å²) in [7, 11) is 0. The average molecular weight is 264 g/mol. The van der Waals surface area contributed by atoms with Crippen molar-refractivity contribution in [2.75, 3.05) is 0 Å². The third kappa shape index (κ3) is 3.28. The summed E-state index contributed by atoms with van der Waals surface area (Å²) < 4.78 is -2.51. The maximum absolute atomic E-state index is 9.51. The van der Waals surface area contributed by atoms with Crippen LogP contribution in [-0.2, 0) is 11.8 Å². The van der Waals surface area contributed by atoms with Crippen LogP contribution in [-0.4, -0.2) is 4.89 Å². The van der Waals surface area contributed by atoms with Gasteiger partial charge in [0.25, 0.3) is 0 Å². The van der Waals surface area contributed by atoms with Gasteiger partial charge in [0, 0.05) is 4.90 Å². The van der Waals surface area contributed by atoms with Gasteiger partial charge in [-0.05, 0) is 55.3 Å². The summed E-state index contributed by atoms with van der Waals surface area (Å²) in [6.07, 6.45) is 0. The lowest BCUT2D eigenvalue weighted by Gasteiger charge is -2.13. The van der Waals surface area contributed by atoms with Crippen LogP contribution in [0.4, 0.5) is 0 Å². The molecule has 5 heteroatoms. The molecule has 78 valence electrons. The molecule has 0 aliphatic carbocycles. The number of hydrogen-bond donors (Lipinski definition) is 2. The van der Waals surface area contributed by atoms with Gasteiger partial charge in [0.05, 0.1) is 0 Å². The number of aryl methyl sites for hydroxylation is 1. The monoisotopic (exact) mass is 264 g/mol. The molecule has 0 fully saturated rings. The third-order valence-corrected chi connectivity index (χ3v) is 5.81. The van der Waals surface area contributed by atoms with E-state index >= 15 is 0 Å². The van der Waals surface area contributed by atoms with Crippen molar-refractivity contribution in [1.29, 1.82) is 0 Å². The molecule has 1 aromatic rings. The van der Waals surface area contributed by atoms with E-state index < -0.39 is 4.67 Å². The third-order valence-electron chi connectivity index (χ3n) is 2.23. The maximum Gasteiger partial charge on any atom is 0.173 e. The second-order valence-corrected chi connectivity index (χ2v) is 12.6. The predicted octanol–water partition coefficient (Wildman–Crippen LogP) is 3.85. The number of benzene rings is 1. The second kappa shape index (κ2) is 4.58. The molecule has 0 saturated heterocycles. The minimum absolute atomic E-state index is 1.04. The highest BCUT2D eigenvalue weighted by atomic mass is 33.2. The molecule has 0 spiro atoms. The van der Waals surface area contributed by atoms with Crippen molar-refractivity contribution in [3.05, 3.63) is 28.8 Å². The van der Waals surface area contributed by atoms with Gasteiger partial charge in [-0.25, -0.2) is 0 Å². The van der Waals surface area contributed by atoms with E-state index in [0.717, 1.165) is 4.90 Å². The first kappa shape index (κ1) is 12.6. The van der Waals surface area contributed by atoms with Crippen molar-refractivity contribution < 1.29 is 4.89 Å². The first-order chi connectivity index (χ1) is 6.31. The van der Waals surface area contributed by atoms with Gasteiger partial charge in [-0.15, -0.1) is 12.2 Å². The number of hydrogen-bond acceptors (Lipinski definition) is 2. The zero-order chi connectivity index (χ0) is 10.9. The zero-order valence-corrected chi connectivity index (χ0v) is 11.7. The molecule has 14 heavy (non-hydrogen) atoms. The quantitative estimate of drug-likeness (QED) is 0.625. The van der Waals surface area contributed by atoms with Gasteiger partial charge in [-0.3, -0.25) is 0 Å². The van der Waals surface area contributed by atoms with E-state index in [4.69, 9.17) is 11.8 Å². The molecule has 0 heterocycles. The van der Waals surface area contributed by atoms with E-state index in [1.165, 1.54) is 28.1 Å². The Hall–Kier alpha value is 0.530. The summed E-state index contributed by atoms with van der Waals surface area (Å²) in [5.41, 5.74) is 3.70. The highest BCUT2D eigenvalue weighted by molar-refractivity contribution is 8.94. The van der Waals surface area contributed by atoms with E-state index in [1.807, 2.05) is 19.1 Å². The van der Waals surface area contributed by atoms with Crippen LogP contribution < -0.4 is 0 Å². The van der Waals surface area contributed by atoms with Crippen molar-refractivity contribution in [2.45, 2.75) is 25.7 Å². The zero-order valence-electron chi connectivity index (χ0n) is 8.31. The Morgan fingerprint density at radius 1 is 1.29 bits per heavy atom. The smallest absolute Gasteiger partial charge is 0.173 e. The lowest BCUT2D eigenvalue weighted by molar-refractivity contribution is 0.654. The van der Waals surface area contributed by atoms with E-state index in [0.29, 0.717) is 0 Å². The molecule has 1 nitrogen and oxygen atoms in total. The molecule has 0 aromatic heterocycles. The summed E-state index contributed by atoms with van der Waals surface area (Å²) >= 11 is 10.2. The minimum atomic E-state index is -2.51. The largest absolute Gasteiger partial charge is 0.350 e. The van der Waals surface area contributed by atoms with Gasteiger partial charge < -0.3 is 4.89 Å². The molecule has 0 amide bonds. The molecule has 1 N–H and O–H groups in total. The summed E-state index contributed by atoms with van der Waals surface area (Å²) in [4.78, 5) is 10.5. The van der Waals surface area contributed by atoms with Crippen molar-refractivity contribution in [3.63, 3.8) is 0 Å². The molecule has 1 aromatic carbocycles. The van der Waals surface area contributed by atoms with Gasteiger partial charge in [0.2, 0.25) is 0 Å². The topological polar surface area (TPSA) is 20.2 Å². The predicted molar refractivity (Wildman–Crippen MR) is 72.0 cm³/mol.